The molecule has 4 heterocycles. The minimum absolute atomic E-state index is 0.118. The molecule has 0 bridgehead atoms. The van der Waals surface area contributed by atoms with E-state index >= 15 is 0 Å². The predicted molar refractivity (Wildman–Crippen MR) is 99.6 cm³/mol. The molecule has 7 nitrogen and oxygen atoms in total. The number of carboxylic acid groups (broad SMARTS) is 1. The van der Waals surface area contributed by atoms with Gasteiger partial charge in [0.05, 0.1) is 11.8 Å². The Morgan fingerprint density at radius 2 is 1.93 bits per heavy atom. The summed E-state index contributed by atoms with van der Waals surface area (Å²) in [6, 6.07) is 6.68. The van der Waals surface area contributed by atoms with Crippen LogP contribution in [0.2, 0.25) is 0 Å². The highest BCUT2D eigenvalue weighted by molar-refractivity contribution is 5.95. The zero-order valence-electron chi connectivity index (χ0n) is 16.3. The van der Waals surface area contributed by atoms with Gasteiger partial charge < -0.3 is 14.4 Å². The number of halogens is 3. The van der Waals surface area contributed by atoms with Crippen LogP contribution in [0.5, 0.6) is 0 Å². The summed E-state index contributed by atoms with van der Waals surface area (Å²) in [6.07, 6.45) is 2.35. The number of aliphatic carboxylic acids is 1. The Kier molecular flexibility index (Phi) is 6.45. The maximum Gasteiger partial charge on any atom is 0.490 e. The number of hydrogen-bond acceptors (Lipinski definition) is 5. The number of fused-ring (bicyclic) bond motifs is 1. The highest BCUT2D eigenvalue weighted by atomic mass is 19.4. The Morgan fingerprint density at radius 3 is 2.50 bits per heavy atom. The number of nitrogens with zero attached hydrogens (tertiary/aromatic N) is 3. The van der Waals surface area contributed by atoms with Crippen molar-refractivity contribution in [2.75, 3.05) is 13.1 Å². The first-order valence-electron chi connectivity index (χ1n) is 9.46. The molecule has 2 aromatic rings. The van der Waals surface area contributed by atoms with E-state index in [0.717, 1.165) is 32.5 Å². The highest BCUT2D eigenvalue weighted by Gasteiger charge is 2.44. The molecule has 0 aromatic carbocycles. The number of aromatic nitrogens is 1. The molecule has 0 spiro atoms. The lowest BCUT2D eigenvalue weighted by Gasteiger charge is -2.25. The normalized spacial score (nSPS) is 21.1. The van der Waals surface area contributed by atoms with Crippen molar-refractivity contribution < 1.29 is 32.3 Å². The van der Waals surface area contributed by atoms with E-state index in [1.54, 1.807) is 18.5 Å². The molecule has 0 saturated carbocycles. The second-order valence-electron chi connectivity index (χ2n) is 7.24. The summed E-state index contributed by atoms with van der Waals surface area (Å²) in [5, 5.41) is 7.12. The molecule has 10 heteroatoms. The van der Waals surface area contributed by atoms with Crippen LogP contribution >= 0.6 is 0 Å². The van der Waals surface area contributed by atoms with Gasteiger partial charge in [-0.2, -0.15) is 13.2 Å². The molecule has 2 aliphatic rings. The molecule has 2 atom stereocenters. The summed E-state index contributed by atoms with van der Waals surface area (Å²) in [5.74, 6) is -1.93. The van der Waals surface area contributed by atoms with Crippen LogP contribution < -0.4 is 0 Å². The first kappa shape index (κ1) is 21.8. The number of carbonyl (C=O) groups is 2. The third kappa shape index (κ3) is 4.81. The van der Waals surface area contributed by atoms with Crippen LogP contribution in [0.25, 0.3) is 0 Å². The molecule has 2 saturated heterocycles. The van der Waals surface area contributed by atoms with Crippen LogP contribution in [0.3, 0.4) is 0 Å². The van der Waals surface area contributed by atoms with Crippen molar-refractivity contribution in [2.45, 2.75) is 44.6 Å². The Morgan fingerprint density at radius 1 is 1.23 bits per heavy atom. The van der Waals surface area contributed by atoms with Crippen molar-refractivity contribution in [3.05, 3.63) is 53.7 Å². The molecule has 1 amide bonds. The summed E-state index contributed by atoms with van der Waals surface area (Å²) < 4.78 is 37.0. The molecule has 4 rings (SSSR count). The molecule has 1 N–H and O–H groups in total. The van der Waals surface area contributed by atoms with Crippen LogP contribution in [-0.2, 0) is 11.3 Å². The summed E-state index contributed by atoms with van der Waals surface area (Å²) in [7, 11) is 0. The van der Waals surface area contributed by atoms with Crippen molar-refractivity contribution in [1.29, 1.82) is 0 Å². The summed E-state index contributed by atoms with van der Waals surface area (Å²) in [4.78, 5) is 30.4. The third-order valence-electron chi connectivity index (χ3n) is 5.39. The van der Waals surface area contributed by atoms with Crippen molar-refractivity contribution in [1.82, 2.24) is 14.8 Å². The lowest BCUT2D eigenvalue weighted by Crippen LogP contribution is -2.39. The summed E-state index contributed by atoms with van der Waals surface area (Å²) in [6.45, 7) is 4.65. The molecule has 162 valence electrons. The summed E-state index contributed by atoms with van der Waals surface area (Å²) >= 11 is 0. The van der Waals surface area contributed by atoms with Crippen molar-refractivity contribution in [3.63, 3.8) is 0 Å². The van der Waals surface area contributed by atoms with E-state index in [0.29, 0.717) is 23.4 Å². The topological polar surface area (TPSA) is 86.9 Å². The predicted octanol–water partition coefficient (Wildman–Crippen LogP) is 3.11. The molecule has 2 aromatic heterocycles. The zero-order valence-corrected chi connectivity index (χ0v) is 16.3. The standard InChI is InChI=1S/C18H21N3O2.C2HF3O2/c1-13-15(6-10-23-13)18(22)21-9-5-16-17(21)4-8-20(16)12-14-3-2-7-19-11-14;3-2(4,5)1(6)7/h2-3,6-7,10-11,16-17H,4-5,8-9,12H2,1H3;(H,6,7)/t16-,17+;/m0./s1. The van der Waals surface area contributed by atoms with Gasteiger partial charge in [0.2, 0.25) is 0 Å². The lowest BCUT2D eigenvalue weighted by atomic mass is 10.1. The second-order valence-corrected chi connectivity index (χ2v) is 7.24. The van der Waals surface area contributed by atoms with Crippen LogP contribution in [0.4, 0.5) is 13.2 Å². The van der Waals surface area contributed by atoms with Gasteiger partial charge in [-0.3, -0.25) is 14.7 Å². The van der Waals surface area contributed by atoms with Crippen LogP contribution in [0.1, 0.15) is 34.5 Å². The Balaban J connectivity index is 0.000000318. The van der Waals surface area contributed by atoms with Gasteiger partial charge in [-0.25, -0.2) is 4.79 Å². The molecule has 2 fully saturated rings. The number of likely N-dealkylation sites (tertiary alicyclic amines) is 2. The van der Waals surface area contributed by atoms with Gasteiger partial charge in [0, 0.05) is 44.1 Å². The molecule has 0 unspecified atom stereocenters. The fourth-order valence-electron chi connectivity index (χ4n) is 4.01. The van der Waals surface area contributed by atoms with Gasteiger partial charge in [-0.15, -0.1) is 0 Å². The van der Waals surface area contributed by atoms with Crippen LogP contribution in [0, 0.1) is 6.92 Å². The van der Waals surface area contributed by atoms with E-state index in [1.165, 1.54) is 5.56 Å². The van der Waals surface area contributed by atoms with Gasteiger partial charge in [0.25, 0.3) is 5.91 Å². The van der Waals surface area contributed by atoms with E-state index in [1.807, 2.05) is 24.1 Å². The van der Waals surface area contributed by atoms with E-state index < -0.39 is 12.1 Å². The van der Waals surface area contributed by atoms with Crippen molar-refractivity contribution in [2.24, 2.45) is 0 Å². The number of alkyl halides is 3. The maximum atomic E-state index is 12.8. The first-order chi connectivity index (χ1) is 14.2. The molecule has 0 radical (unpaired) electrons. The Hall–Kier alpha value is -2.88. The average molecular weight is 425 g/mol. The van der Waals surface area contributed by atoms with Crippen LogP contribution in [0.15, 0.2) is 41.3 Å². The van der Waals surface area contributed by atoms with E-state index in [4.69, 9.17) is 14.3 Å². The minimum Gasteiger partial charge on any atom is -0.475 e. The second kappa shape index (κ2) is 8.86. The van der Waals surface area contributed by atoms with Crippen molar-refractivity contribution >= 4 is 11.9 Å². The molecular weight excluding hydrogens is 403 g/mol. The van der Waals surface area contributed by atoms with Gasteiger partial charge in [0.1, 0.15) is 5.76 Å². The van der Waals surface area contributed by atoms with Crippen LogP contribution in [-0.4, -0.2) is 63.1 Å². The summed E-state index contributed by atoms with van der Waals surface area (Å²) in [5.41, 5.74) is 1.94. The number of amides is 1. The number of carboxylic acids is 1. The lowest BCUT2D eigenvalue weighted by molar-refractivity contribution is -0.192. The molecule has 30 heavy (non-hydrogen) atoms. The Labute approximate surface area is 171 Å². The SMILES string of the molecule is Cc1occc1C(=O)N1CC[C@H]2[C@H]1CCN2Cc1cccnc1.O=C(O)C(F)(F)F. The van der Waals surface area contributed by atoms with Gasteiger partial charge in [0.15, 0.2) is 0 Å². The van der Waals surface area contributed by atoms with E-state index in [9.17, 15) is 18.0 Å². The fraction of sp³-hybridized carbons (Fsp3) is 0.450. The number of hydrogen-bond donors (Lipinski definition) is 1. The third-order valence-corrected chi connectivity index (χ3v) is 5.39. The Bertz CT molecular complexity index is 885. The minimum atomic E-state index is -5.08. The molecular formula is C20H22F3N3O4. The van der Waals surface area contributed by atoms with E-state index in [2.05, 4.69) is 16.0 Å². The van der Waals surface area contributed by atoms with Gasteiger partial charge in [-0.1, -0.05) is 6.07 Å². The van der Waals surface area contributed by atoms with Crippen molar-refractivity contribution in [3.8, 4) is 0 Å². The zero-order chi connectivity index (χ0) is 21.9. The quantitative estimate of drug-likeness (QED) is 0.813. The monoisotopic (exact) mass is 425 g/mol. The van der Waals surface area contributed by atoms with E-state index in [-0.39, 0.29) is 5.91 Å². The fourth-order valence-corrected chi connectivity index (χ4v) is 4.01. The first-order valence-corrected chi connectivity index (χ1v) is 9.46. The maximum absolute atomic E-state index is 12.8. The number of carbonyl (C=O) groups excluding carboxylic acids is 1. The number of aryl methyl sites for hydroxylation is 1. The highest BCUT2D eigenvalue weighted by Crippen LogP contribution is 2.34. The number of furan rings is 1. The molecule has 2 aliphatic heterocycles. The smallest absolute Gasteiger partial charge is 0.475 e. The van der Waals surface area contributed by atoms with Gasteiger partial charge in [-0.05, 0) is 37.5 Å². The average Bonchev–Trinajstić information content (AvgIpc) is 3.39. The largest absolute Gasteiger partial charge is 0.490 e. The number of rotatable bonds is 3. The number of pyridine rings is 1. The van der Waals surface area contributed by atoms with Gasteiger partial charge >= 0.3 is 12.1 Å². The molecule has 0 aliphatic carbocycles.